The number of hydrogen-bond acceptors (Lipinski definition) is 6. The van der Waals surface area contributed by atoms with E-state index in [9.17, 15) is 4.79 Å². The molecule has 2 aliphatic rings. The molecule has 2 atom stereocenters. The van der Waals surface area contributed by atoms with Crippen molar-refractivity contribution in [2.75, 3.05) is 32.8 Å². The summed E-state index contributed by atoms with van der Waals surface area (Å²) < 4.78 is 5.45. The third kappa shape index (κ3) is 3.31. The van der Waals surface area contributed by atoms with Crippen LogP contribution in [0.15, 0.2) is 30.6 Å². The van der Waals surface area contributed by atoms with Crippen molar-refractivity contribution in [2.24, 2.45) is 0 Å². The van der Waals surface area contributed by atoms with Crippen LogP contribution in [-0.4, -0.2) is 70.6 Å². The molecule has 0 bridgehead atoms. The normalized spacial score (nSPS) is 24.6. The molecular weight excluding hydrogens is 336 g/mol. The van der Waals surface area contributed by atoms with Crippen LogP contribution < -0.4 is 0 Å². The number of nitrogens with zero attached hydrogens (tertiary/aromatic N) is 4. The van der Waals surface area contributed by atoms with Crippen molar-refractivity contribution in [1.29, 1.82) is 0 Å². The smallest absolute Gasteiger partial charge is 0.265 e. The molecule has 2 aromatic rings. The Morgan fingerprint density at radius 2 is 2.08 bits per heavy atom. The predicted molar refractivity (Wildman–Crippen MR) is 96.6 cm³/mol. The fourth-order valence-electron chi connectivity index (χ4n) is 3.73. The van der Waals surface area contributed by atoms with Gasteiger partial charge in [-0.15, -0.1) is 11.3 Å². The van der Waals surface area contributed by atoms with E-state index in [4.69, 9.17) is 4.74 Å². The zero-order valence-electron chi connectivity index (χ0n) is 14.3. The molecule has 6 nitrogen and oxygen atoms in total. The van der Waals surface area contributed by atoms with Crippen molar-refractivity contribution in [2.45, 2.75) is 25.4 Å². The van der Waals surface area contributed by atoms with Crippen LogP contribution in [0.2, 0.25) is 0 Å². The molecule has 0 unspecified atom stereocenters. The van der Waals surface area contributed by atoms with Gasteiger partial charge in [0.1, 0.15) is 9.88 Å². The van der Waals surface area contributed by atoms with Gasteiger partial charge < -0.3 is 9.64 Å². The van der Waals surface area contributed by atoms with Gasteiger partial charge in [0.05, 0.1) is 25.1 Å². The maximum atomic E-state index is 13.0. The number of likely N-dealkylation sites (tertiary alicyclic amines) is 1. The standard InChI is InChI=1S/C18H22N4O2S/c1-13-15(21-8-10-24-11-9-21)5-7-22(13)18(23)16-12-20-17(25-16)14-4-2-3-6-19-14/h2-4,6,12-13,15H,5,7-11H2,1H3/t13-,15-/m1/s1. The summed E-state index contributed by atoms with van der Waals surface area (Å²) in [7, 11) is 0. The van der Waals surface area contributed by atoms with Crippen LogP contribution in [0.25, 0.3) is 10.7 Å². The van der Waals surface area contributed by atoms with Crippen molar-refractivity contribution in [3.63, 3.8) is 0 Å². The molecule has 2 saturated heterocycles. The molecule has 0 spiro atoms. The maximum absolute atomic E-state index is 13.0. The minimum absolute atomic E-state index is 0.0861. The Kier molecular flexibility index (Phi) is 4.78. The first kappa shape index (κ1) is 16.6. The van der Waals surface area contributed by atoms with Gasteiger partial charge in [0.15, 0.2) is 0 Å². The second-order valence-corrected chi connectivity index (χ2v) is 7.52. The molecule has 1 amide bonds. The Morgan fingerprint density at radius 1 is 1.24 bits per heavy atom. The van der Waals surface area contributed by atoms with Gasteiger partial charge in [0.2, 0.25) is 0 Å². The van der Waals surface area contributed by atoms with Gasteiger partial charge in [0, 0.05) is 37.9 Å². The van der Waals surface area contributed by atoms with Gasteiger partial charge in [-0.05, 0) is 25.5 Å². The van der Waals surface area contributed by atoms with E-state index in [-0.39, 0.29) is 11.9 Å². The van der Waals surface area contributed by atoms with Gasteiger partial charge in [-0.25, -0.2) is 4.98 Å². The molecule has 0 aliphatic carbocycles. The van der Waals surface area contributed by atoms with E-state index < -0.39 is 0 Å². The Bertz CT molecular complexity index is 730. The van der Waals surface area contributed by atoms with Gasteiger partial charge >= 0.3 is 0 Å². The fourth-order valence-corrected chi connectivity index (χ4v) is 4.58. The number of carbonyl (C=O) groups excluding carboxylic acids is 1. The molecule has 2 fully saturated rings. The average molecular weight is 358 g/mol. The molecular formula is C18H22N4O2S. The number of ether oxygens (including phenoxy) is 1. The highest BCUT2D eigenvalue weighted by Crippen LogP contribution is 2.29. The third-order valence-electron chi connectivity index (χ3n) is 5.09. The van der Waals surface area contributed by atoms with Crippen LogP contribution in [-0.2, 0) is 4.74 Å². The number of amides is 1. The minimum Gasteiger partial charge on any atom is -0.379 e. The number of morpholine rings is 1. The molecule has 0 radical (unpaired) electrons. The molecule has 4 heterocycles. The summed E-state index contributed by atoms with van der Waals surface area (Å²) >= 11 is 1.42. The van der Waals surface area contributed by atoms with Crippen molar-refractivity contribution in [1.82, 2.24) is 19.8 Å². The van der Waals surface area contributed by atoms with Crippen molar-refractivity contribution in [3.05, 3.63) is 35.5 Å². The summed E-state index contributed by atoms with van der Waals surface area (Å²) in [5, 5.41) is 0.792. The second kappa shape index (κ2) is 7.19. The molecule has 2 aromatic heterocycles. The van der Waals surface area contributed by atoms with E-state index in [1.54, 1.807) is 12.4 Å². The number of aromatic nitrogens is 2. The van der Waals surface area contributed by atoms with Crippen LogP contribution in [0, 0.1) is 0 Å². The molecule has 132 valence electrons. The minimum atomic E-state index is 0.0861. The highest BCUT2D eigenvalue weighted by atomic mass is 32.1. The zero-order chi connectivity index (χ0) is 17.2. The summed E-state index contributed by atoms with van der Waals surface area (Å²) in [5.74, 6) is 0.0861. The van der Waals surface area contributed by atoms with Crippen molar-refractivity contribution in [3.8, 4) is 10.7 Å². The summed E-state index contributed by atoms with van der Waals surface area (Å²) in [4.78, 5) is 26.8. The van der Waals surface area contributed by atoms with Crippen molar-refractivity contribution < 1.29 is 9.53 Å². The number of rotatable bonds is 3. The zero-order valence-corrected chi connectivity index (χ0v) is 15.1. The van der Waals surface area contributed by atoms with Crippen molar-refractivity contribution >= 4 is 17.2 Å². The molecule has 25 heavy (non-hydrogen) atoms. The Hall–Kier alpha value is -1.83. The third-order valence-corrected chi connectivity index (χ3v) is 6.10. The highest BCUT2D eigenvalue weighted by Gasteiger charge is 2.38. The topological polar surface area (TPSA) is 58.6 Å². The van der Waals surface area contributed by atoms with Gasteiger partial charge in [-0.3, -0.25) is 14.7 Å². The Morgan fingerprint density at radius 3 is 2.84 bits per heavy atom. The summed E-state index contributed by atoms with van der Waals surface area (Å²) in [6.07, 6.45) is 4.46. The second-order valence-electron chi connectivity index (χ2n) is 6.49. The monoisotopic (exact) mass is 358 g/mol. The first-order chi connectivity index (χ1) is 12.2. The average Bonchev–Trinajstić information content (AvgIpc) is 3.30. The molecule has 0 saturated carbocycles. The highest BCUT2D eigenvalue weighted by molar-refractivity contribution is 7.16. The lowest BCUT2D eigenvalue weighted by Gasteiger charge is -2.35. The largest absolute Gasteiger partial charge is 0.379 e. The molecule has 2 aliphatic heterocycles. The van der Waals surface area contributed by atoms with Crippen LogP contribution in [0.4, 0.5) is 0 Å². The first-order valence-corrected chi connectivity index (χ1v) is 9.55. The van der Waals surface area contributed by atoms with E-state index in [0.717, 1.165) is 50.0 Å². The predicted octanol–water partition coefficient (Wildman–Crippen LogP) is 2.14. The van der Waals surface area contributed by atoms with E-state index >= 15 is 0 Å². The first-order valence-electron chi connectivity index (χ1n) is 8.74. The lowest BCUT2D eigenvalue weighted by Crippen LogP contribution is -2.49. The molecule has 0 N–H and O–H groups in total. The van der Waals surface area contributed by atoms with E-state index in [1.165, 1.54) is 11.3 Å². The summed E-state index contributed by atoms with van der Waals surface area (Å²) in [5.41, 5.74) is 0.812. The summed E-state index contributed by atoms with van der Waals surface area (Å²) in [6, 6.07) is 6.36. The number of thiazole rings is 1. The maximum Gasteiger partial charge on any atom is 0.265 e. The number of pyridine rings is 1. The van der Waals surface area contributed by atoms with E-state index in [2.05, 4.69) is 21.8 Å². The lowest BCUT2D eigenvalue weighted by molar-refractivity contribution is 0.0105. The lowest BCUT2D eigenvalue weighted by atomic mass is 10.1. The SMILES string of the molecule is C[C@@H]1[C@H](N2CCOCC2)CCN1C(=O)c1cnc(-c2ccccn2)s1. The molecule has 0 aromatic carbocycles. The quantitative estimate of drug-likeness (QED) is 0.841. The van der Waals surface area contributed by atoms with Gasteiger partial charge in [-0.1, -0.05) is 6.07 Å². The molecule has 7 heteroatoms. The van der Waals surface area contributed by atoms with Crippen LogP contribution in [0.1, 0.15) is 23.0 Å². The number of carbonyl (C=O) groups is 1. The van der Waals surface area contributed by atoms with Gasteiger partial charge in [-0.2, -0.15) is 0 Å². The fraction of sp³-hybridized carbons (Fsp3) is 0.500. The van der Waals surface area contributed by atoms with E-state index in [0.29, 0.717) is 10.9 Å². The Balaban J connectivity index is 1.47. The molecule has 4 rings (SSSR count). The van der Waals surface area contributed by atoms with E-state index in [1.807, 2.05) is 23.1 Å². The van der Waals surface area contributed by atoms with Crippen LogP contribution in [0.5, 0.6) is 0 Å². The van der Waals surface area contributed by atoms with Crippen LogP contribution >= 0.6 is 11.3 Å². The Labute approximate surface area is 151 Å². The number of hydrogen-bond donors (Lipinski definition) is 0. The van der Waals surface area contributed by atoms with Crippen LogP contribution in [0.3, 0.4) is 0 Å². The van der Waals surface area contributed by atoms with Gasteiger partial charge in [0.25, 0.3) is 5.91 Å². The summed E-state index contributed by atoms with van der Waals surface area (Å²) in [6.45, 7) is 6.46.